The molecule has 0 aliphatic carbocycles. The van der Waals surface area contributed by atoms with E-state index in [1.54, 1.807) is 19.2 Å². The van der Waals surface area contributed by atoms with Crippen LogP contribution in [0.1, 0.15) is 20.8 Å². The van der Waals surface area contributed by atoms with Crippen LogP contribution in [0.15, 0.2) is 97.5 Å². The van der Waals surface area contributed by atoms with Crippen molar-refractivity contribution in [1.29, 1.82) is 0 Å². The second-order valence-corrected chi connectivity index (χ2v) is 7.54. The molecule has 5 aromatic rings. The Morgan fingerprint density at radius 1 is 0.647 bits per heavy atom. The summed E-state index contributed by atoms with van der Waals surface area (Å²) in [6.45, 7) is 1.77. The van der Waals surface area contributed by atoms with Gasteiger partial charge in [0.25, 0.3) is 0 Å². The van der Waals surface area contributed by atoms with Crippen LogP contribution in [0.4, 0.5) is 0 Å². The first-order valence-corrected chi connectivity index (χ1v) is 10.6. The summed E-state index contributed by atoms with van der Waals surface area (Å²) in [6.07, 6.45) is 5.11. The van der Waals surface area contributed by atoms with Crippen LogP contribution in [0.3, 0.4) is 0 Å². The Kier molecular flexibility index (Phi) is 7.53. The number of benzene rings is 2. The van der Waals surface area contributed by atoms with E-state index >= 15 is 0 Å². The molecule has 3 heterocycles. The largest absolute Gasteiger partial charge is 0.304 e. The molecular weight excluding hydrogens is 595 g/mol. The summed E-state index contributed by atoms with van der Waals surface area (Å²) in [6, 6.07) is 31.4. The number of aryl methyl sites for hydroxylation is 3. The SMILES string of the molecule is Cc1cc(-c2[c-]cccc2)ncc1-c1ccccn1.[2H]C([2H])([2H])c1cnc(-c2[c-]cccc2)cc1C.[Ir]. The third-order valence-corrected chi connectivity index (χ3v) is 5.13. The first-order valence-electron chi connectivity index (χ1n) is 12.1. The molecule has 1 radical (unpaired) electrons. The van der Waals surface area contributed by atoms with Gasteiger partial charge in [0.2, 0.25) is 0 Å². The molecule has 171 valence electrons. The van der Waals surface area contributed by atoms with E-state index in [4.69, 9.17) is 4.11 Å². The van der Waals surface area contributed by atoms with Gasteiger partial charge in [-0.15, -0.1) is 71.8 Å². The number of aromatic nitrogens is 3. The van der Waals surface area contributed by atoms with Gasteiger partial charge in [-0.25, -0.2) is 0 Å². The Morgan fingerprint density at radius 3 is 1.76 bits per heavy atom. The van der Waals surface area contributed by atoms with E-state index in [0.717, 1.165) is 39.3 Å². The fourth-order valence-corrected chi connectivity index (χ4v) is 3.30. The van der Waals surface area contributed by atoms with Gasteiger partial charge in [-0.1, -0.05) is 23.8 Å². The first-order chi connectivity index (χ1) is 17.3. The fraction of sp³-hybridized carbons (Fsp3) is 0.100. The number of pyridine rings is 3. The second-order valence-electron chi connectivity index (χ2n) is 7.54. The van der Waals surface area contributed by atoms with Crippen molar-refractivity contribution in [3.63, 3.8) is 0 Å². The first kappa shape index (κ1) is 21.1. The third-order valence-electron chi connectivity index (χ3n) is 5.13. The van der Waals surface area contributed by atoms with Crippen LogP contribution >= 0.6 is 0 Å². The molecule has 0 N–H and O–H groups in total. The topological polar surface area (TPSA) is 38.7 Å². The second kappa shape index (κ2) is 12.1. The maximum atomic E-state index is 7.37. The quantitative estimate of drug-likeness (QED) is 0.202. The molecular formula is C30H25IrN3-2. The van der Waals surface area contributed by atoms with Crippen LogP contribution in [-0.2, 0) is 20.1 Å². The molecule has 3 nitrogen and oxygen atoms in total. The third kappa shape index (κ3) is 6.32. The molecule has 5 rings (SSSR count). The summed E-state index contributed by atoms with van der Waals surface area (Å²) in [4.78, 5) is 13.1. The fourth-order valence-electron chi connectivity index (χ4n) is 3.30. The van der Waals surface area contributed by atoms with Crippen molar-refractivity contribution in [2.45, 2.75) is 20.7 Å². The molecule has 4 heteroatoms. The summed E-state index contributed by atoms with van der Waals surface area (Å²) in [5.74, 6) is 0. The van der Waals surface area contributed by atoms with Crippen LogP contribution in [-0.4, -0.2) is 15.0 Å². The molecule has 0 spiro atoms. The summed E-state index contributed by atoms with van der Waals surface area (Å²) in [7, 11) is 0. The zero-order chi connectivity index (χ0) is 25.5. The summed E-state index contributed by atoms with van der Waals surface area (Å²) in [5.41, 5.74) is 7.79. The van der Waals surface area contributed by atoms with Crippen molar-refractivity contribution in [2.24, 2.45) is 0 Å². The van der Waals surface area contributed by atoms with Gasteiger partial charge >= 0.3 is 0 Å². The van der Waals surface area contributed by atoms with Gasteiger partial charge in [-0.05, 0) is 55.3 Å². The molecule has 0 amide bonds. The van der Waals surface area contributed by atoms with Crippen molar-refractivity contribution < 1.29 is 24.2 Å². The number of rotatable bonds is 3. The van der Waals surface area contributed by atoms with Crippen LogP contribution in [0.2, 0.25) is 0 Å². The van der Waals surface area contributed by atoms with Gasteiger partial charge in [0.05, 0.1) is 5.69 Å². The number of hydrogen-bond acceptors (Lipinski definition) is 3. The standard InChI is InChI=1S/C17H13N2.C13H12N.Ir/c1-13-11-17(14-7-3-2-4-8-14)19-12-15(13)16-9-5-6-10-18-16;1-10-8-13(14-9-11(10)2)12-6-4-3-5-7-12;/h2-7,9-12H,1H3;3-6,8-9H,1-2H3;/q2*-1;/i;2D3;. The van der Waals surface area contributed by atoms with Gasteiger partial charge in [0.15, 0.2) is 0 Å². The molecule has 34 heavy (non-hydrogen) atoms. The van der Waals surface area contributed by atoms with Crippen LogP contribution in [0, 0.1) is 32.8 Å². The Morgan fingerprint density at radius 2 is 1.26 bits per heavy atom. The molecule has 3 aromatic heterocycles. The minimum Gasteiger partial charge on any atom is -0.304 e. The van der Waals surface area contributed by atoms with Crippen LogP contribution in [0.25, 0.3) is 33.8 Å². The average Bonchev–Trinajstić information content (AvgIpc) is 2.90. The van der Waals surface area contributed by atoms with Crippen molar-refractivity contribution in [2.75, 3.05) is 0 Å². The van der Waals surface area contributed by atoms with Gasteiger partial charge in [-0.3, -0.25) is 4.98 Å². The number of hydrogen-bond donors (Lipinski definition) is 0. The monoisotopic (exact) mass is 623 g/mol. The van der Waals surface area contributed by atoms with Crippen molar-refractivity contribution in [3.8, 4) is 33.8 Å². The van der Waals surface area contributed by atoms with E-state index in [2.05, 4.69) is 40.1 Å². The molecule has 0 fully saturated rings. The van der Waals surface area contributed by atoms with Gasteiger partial charge < -0.3 is 9.97 Å². The minimum atomic E-state index is -2.10. The predicted molar refractivity (Wildman–Crippen MR) is 134 cm³/mol. The Balaban J connectivity index is 0.000000201. The van der Waals surface area contributed by atoms with Crippen molar-refractivity contribution >= 4 is 0 Å². The van der Waals surface area contributed by atoms with E-state index in [9.17, 15) is 0 Å². The predicted octanol–water partition coefficient (Wildman–Crippen LogP) is 7.08. The Bertz CT molecular complexity index is 1430. The molecule has 0 saturated carbocycles. The van der Waals surface area contributed by atoms with Crippen molar-refractivity contribution in [1.82, 2.24) is 15.0 Å². The van der Waals surface area contributed by atoms with Crippen LogP contribution in [0.5, 0.6) is 0 Å². The maximum absolute atomic E-state index is 7.37. The molecule has 0 bridgehead atoms. The van der Waals surface area contributed by atoms with E-state index in [0.29, 0.717) is 5.56 Å². The van der Waals surface area contributed by atoms with Crippen LogP contribution < -0.4 is 0 Å². The van der Waals surface area contributed by atoms with E-state index in [1.165, 1.54) is 11.8 Å². The normalized spacial score (nSPS) is 11.6. The minimum absolute atomic E-state index is 0. The maximum Gasteiger partial charge on any atom is 0.0719 e. The average molecular weight is 623 g/mol. The molecule has 0 unspecified atom stereocenters. The van der Waals surface area contributed by atoms with Gasteiger partial charge in [0.1, 0.15) is 0 Å². The zero-order valence-corrected chi connectivity index (χ0v) is 21.3. The molecule has 0 aliphatic heterocycles. The molecule has 0 aliphatic rings. The van der Waals surface area contributed by atoms with E-state index in [-0.39, 0.29) is 20.1 Å². The number of nitrogens with zero attached hydrogens (tertiary/aromatic N) is 3. The molecule has 0 saturated heterocycles. The van der Waals surface area contributed by atoms with E-state index in [1.807, 2.05) is 72.9 Å². The zero-order valence-electron chi connectivity index (χ0n) is 21.9. The summed E-state index contributed by atoms with van der Waals surface area (Å²) in [5, 5.41) is 0. The smallest absolute Gasteiger partial charge is 0.0719 e. The van der Waals surface area contributed by atoms with Gasteiger partial charge in [-0.2, -0.15) is 0 Å². The molecule has 0 atom stereocenters. The molecule has 2 aromatic carbocycles. The van der Waals surface area contributed by atoms with Crippen molar-refractivity contribution in [3.05, 3.63) is 126 Å². The Labute approximate surface area is 219 Å². The van der Waals surface area contributed by atoms with E-state index < -0.39 is 6.85 Å². The van der Waals surface area contributed by atoms with Gasteiger partial charge in [0, 0.05) is 48.4 Å². The Hall–Kier alpha value is -3.46. The summed E-state index contributed by atoms with van der Waals surface area (Å²) < 4.78 is 22.1. The summed E-state index contributed by atoms with van der Waals surface area (Å²) >= 11 is 0.